The molecule has 3 aromatic rings. The molecule has 2 aromatic carbocycles. The Morgan fingerprint density at radius 3 is 1.93 bits per heavy atom. The van der Waals surface area contributed by atoms with Gasteiger partial charge >= 0.3 is 6.01 Å². The van der Waals surface area contributed by atoms with Gasteiger partial charge in [0.25, 0.3) is 5.91 Å². The lowest BCUT2D eigenvalue weighted by molar-refractivity contribution is -0.492. The summed E-state index contributed by atoms with van der Waals surface area (Å²) in [5.74, 6) is -0.0182. The van der Waals surface area contributed by atoms with Gasteiger partial charge in [-0.3, -0.25) is 20.0 Å². The Balaban J connectivity index is 1.92. The minimum absolute atomic E-state index is 0.119. The lowest BCUT2D eigenvalue weighted by Gasteiger charge is -2.39. The van der Waals surface area contributed by atoms with Crippen molar-refractivity contribution >= 4 is 5.91 Å². The molecule has 1 heterocycles. The minimum atomic E-state index is -1.37. The van der Waals surface area contributed by atoms with Gasteiger partial charge in [-0.15, -0.1) is 0 Å². The van der Waals surface area contributed by atoms with Crippen LogP contribution in [0.25, 0.3) is 0 Å². The number of hydrogen-bond acceptors (Lipinski definition) is 11. The molecule has 0 unspecified atom stereocenters. The average Bonchev–Trinajstić information content (AvgIpc) is 2.99. The van der Waals surface area contributed by atoms with Crippen molar-refractivity contribution in [2.24, 2.45) is 0 Å². The fourth-order valence-corrected chi connectivity index (χ4v) is 4.29. The number of carbonyl (C=O) groups excluding carboxylic acids is 1. The molecule has 40 heavy (non-hydrogen) atoms. The van der Waals surface area contributed by atoms with E-state index in [-0.39, 0.29) is 29.8 Å². The maximum Gasteiger partial charge on any atom is 0.324 e. The van der Waals surface area contributed by atoms with Gasteiger partial charge in [-0.25, -0.2) is 0 Å². The highest BCUT2D eigenvalue weighted by Gasteiger charge is 2.49. The van der Waals surface area contributed by atoms with Crippen LogP contribution in [0.3, 0.4) is 0 Å². The van der Waals surface area contributed by atoms with Crippen LogP contribution in [0.1, 0.15) is 36.8 Å². The number of unbranched alkanes of at least 4 members (excludes halogenated alkanes) is 3. The Hall–Kier alpha value is -3.81. The summed E-state index contributed by atoms with van der Waals surface area (Å²) in [7, 11) is 4.44. The molecule has 1 atom stereocenters. The highest BCUT2D eigenvalue weighted by molar-refractivity contribution is 5.83. The number of carbonyl (C=O) groups is 1. The monoisotopic (exact) mass is 556 g/mol. The number of aromatic nitrogens is 2. The van der Waals surface area contributed by atoms with E-state index in [0.717, 1.165) is 12.8 Å². The van der Waals surface area contributed by atoms with E-state index < -0.39 is 17.6 Å². The molecule has 1 amide bonds. The number of ether oxygens (including phenoxy) is 4. The first-order valence-electron chi connectivity index (χ1n) is 12.8. The van der Waals surface area contributed by atoms with Crippen molar-refractivity contribution in [1.29, 1.82) is 0 Å². The van der Waals surface area contributed by atoms with Crippen molar-refractivity contribution in [3.05, 3.63) is 77.9 Å². The predicted octanol–water partition coefficient (Wildman–Crippen LogP) is 3.52. The van der Waals surface area contributed by atoms with E-state index in [1.54, 1.807) is 0 Å². The number of methoxy groups -OCH3 is 3. The van der Waals surface area contributed by atoms with E-state index in [4.69, 9.17) is 29.4 Å². The zero-order chi connectivity index (χ0) is 28.8. The quantitative estimate of drug-likeness (QED) is 0.166. The van der Waals surface area contributed by atoms with Crippen molar-refractivity contribution < 1.29 is 39.0 Å². The Morgan fingerprint density at radius 1 is 0.875 bits per heavy atom. The van der Waals surface area contributed by atoms with Crippen molar-refractivity contribution in [3.8, 4) is 17.8 Å². The van der Waals surface area contributed by atoms with Gasteiger partial charge in [-0.05, 0) is 24.0 Å². The summed E-state index contributed by atoms with van der Waals surface area (Å²) in [5.41, 5.74) is 0.0189. The lowest BCUT2D eigenvalue weighted by Crippen LogP contribution is -2.54. The van der Waals surface area contributed by atoms with E-state index >= 15 is 0 Å². The van der Waals surface area contributed by atoms with E-state index in [1.807, 2.05) is 60.7 Å². The standard InChI is InChI=1S/C28H36N4O8/c1-36-23-20-24(37-2)31-27(30-23)40-25(26(33)29-18-12-4-5-13-19-39-32(34)35)28(38-3,21-14-8-6-9-15-21)22-16-10-7-11-17-22/h6-11,14-17,20,25,34-35H,4-5,12-13,18-19H2,1-3H3,(H,29,33)/t25-/m1/s1. The molecular weight excluding hydrogens is 520 g/mol. The topological polar surface area (TPSA) is 145 Å². The highest BCUT2D eigenvalue weighted by atomic mass is 17.1. The first kappa shape index (κ1) is 30.7. The molecule has 0 fully saturated rings. The number of rotatable bonds is 17. The van der Waals surface area contributed by atoms with Gasteiger partial charge in [-0.1, -0.05) is 73.5 Å². The Bertz CT molecular complexity index is 1110. The van der Waals surface area contributed by atoms with Crippen LogP contribution >= 0.6 is 0 Å². The van der Waals surface area contributed by atoms with E-state index in [1.165, 1.54) is 27.4 Å². The molecule has 3 N–H and O–H groups in total. The van der Waals surface area contributed by atoms with Crippen LogP contribution in [0.4, 0.5) is 0 Å². The van der Waals surface area contributed by atoms with Crippen molar-refractivity contribution in [1.82, 2.24) is 20.7 Å². The Kier molecular flexibility index (Phi) is 12.1. The second-order valence-electron chi connectivity index (χ2n) is 8.70. The summed E-state index contributed by atoms with van der Waals surface area (Å²) in [5, 5.41) is 19.9. The third-order valence-corrected chi connectivity index (χ3v) is 6.21. The molecule has 0 saturated carbocycles. The number of nitrogens with zero attached hydrogens (tertiary/aromatic N) is 3. The Labute approximate surface area is 233 Å². The normalized spacial score (nSPS) is 12.2. The number of nitrogens with one attached hydrogen (secondary N) is 1. The molecule has 12 nitrogen and oxygen atoms in total. The number of amides is 1. The second kappa shape index (κ2) is 15.7. The van der Waals surface area contributed by atoms with E-state index in [9.17, 15) is 4.79 Å². The molecule has 12 heteroatoms. The van der Waals surface area contributed by atoms with E-state index in [0.29, 0.717) is 30.5 Å². The smallest absolute Gasteiger partial charge is 0.324 e. The van der Waals surface area contributed by atoms with Gasteiger partial charge in [0, 0.05) is 13.7 Å². The molecule has 0 aliphatic rings. The zero-order valence-electron chi connectivity index (χ0n) is 22.9. The second-order valence-corrected chi connectivity index (χ2v) is 8.70. The van der Waals surface area contributed by atoms with Crippen LogP contribution in [0.5, 0.6) is 17.8 Å². The SMILES string of the molecule is COc1cc(OC)nc(O[C@H](C(=O)NCCCCCCON(O)O)C(OC)(c2ccccc2)c2ccccc2)n1. The molecular formula is C28H36N4O8. The summed E-state index contributed by atoms with van der Waals surface area (Å²) in [6.07, 6.45) is 1.61. The summed E-state index contributed by atoms with van der Waals surface area (Å²) >= 11 is 0. The fraction of sp³-hybridized carbons (Fsp3) is 0.393. The number of benzene rings is 2. The predicted molar refractivity (Wildman–Crippen MR) is 143 cm³/mol. The minimum Gasteiger partial charge on any atom is -0.481 e. The number of hydrogen-bond donors (Lipinski definition) is 3. The van der Waals surface area contributed by atoms with Gasteiger partial charge in [0.2, 0.25) is 17.9 Å². The summed E-state index contributed by atoms with van der Waals surface area (Å²) in [6.45, 7) is 0.543. The van der Waals surface area contributed by atoms with Crippen LogP contribution in [0.15, 0.2) is 66.7 Å². The van der Waals surface area contributed by atoms with Gasteiger partial charge in [-0.2, -0.15) is 9.97 Å². The molecule has 0 aliphatic heterocycles. The summed E-state index contributed by atoms with van der Waals surface area (Å²) in [4.78, 5) is 27.0. The molecule has 0 bridgehead atoms. The molecule has 3 rings (SSSR count). The molecule has 0 spiro atoms. The van der Waals surface area contributed by atoms with Crippen molar-refractivity contribution in [2.45, 2.75) is 37.4 Å². The van der Waals surface area contributed by atoms with Crippen LogP contribution in [0.2, 0.25) is 0 Å². The molecule has 0 aliphatic carbocycles. The van der Waals surface area contributed by atoms with Gasteiger partial charge in [0.15, 0.2) is 5.60 Å². The fourth-order valence-electron chi connectivity index (χ4n) is 4.29. The summed E-state index contributed by atoms with van der Waals surface area (Å²) in [6, 6.07) is 20.1. The van der Waals surface area contributed by atoms with Crippen LogP contribution in [-0.2, 0) is 20.0 Å². The van der Waals surface area contributed by atoms with E-state index in [2.05, 4.69) is 20.1 Å². The maximum atomic E-state index is 13.9. The third kappa shape index (κ3) is 8.10. The third-order valence-electron chi connectivity index (χ3n) is 6.21. The molecule has 1 aromatic heterocycles. The largest absolute Gasteiger partial charge is 0.481 e. The van der Waals surface area contributed by atoms with Crippen molar-refractivity contribution in [2.75, 3.05) is 34.5 Å². The average molecular weight is 557 g/mol. The van der Waals surface area contributed by atoms with Gasteiger partial charge in [0.1, 0.15) is 0 Å². The molecule has 0 saturated heterocycles. The van der Waals surface area contributed by atoms with Gasteiger partial charge < -0.3 is 24.3 Å². The first-order valence-corrected chi connectivity index (χ1v) is 12.8. The Morgan fingerprint density at radius 2 is 1.43 bits per heavy atom. The van der Waals surface area contributed by atoms with Crippen LogP contribution in [0, 0.1) is 0 Å². The zero-order valence-corrected chi connectivity index (χ0v) is 22.9. The lowest BCUT2D eigenvalue weighted by atomic mass is 9.80. The van der Waals surface area contributed by atoms with Crippen molar-refractivity contribution in [3.63, 3.8) is 0 Å². The highest BCUT2D eigenvalue weighted by Crippen LogP contribution is 2.39. The first-order chi connectivity index (χ1) is 19.4. The maximum absolute atomic E-state index is 13.9. The molecule has 0 radical (unpaired) electrons. The summed E-state index contributed by atoms with van der Waals surface area (Å²) < 4.78 is 23.0. The van der Waals surface area contributed by atoms with Gasteiger partial charge in [0.05, 0.1) is 32.3 Å². The van der Waals surface area contributed by atoms with Crippen LogP contribution < -0.4 is 19.5 Å². The van der Waals surface area contributed by atoms with Crippen LogP contribution in [-0.4, -0.2) is 72.3 Å². The molecule has 216 valence electrons.